The summed E-state index contributed by atoms with van der Waals surface area (Å²) in [6.07, 6.45) is 3.49. The molecule has 24 heavy (non-hydrogen) atoms. The van der Waals surface area contributed by atoms with Gasteiger partial charge in [0, 0.05) is 18.2 Å². The number of benzene rings is 1. The van der Waals surface area contributed by atoms with Crippen molar-refractivity contribution in [3.63, 3.8) is 0 Å². The van der Waals surface area contributed by atoms with E-state index in [1.807, 2.05) is 24.3 Å². The molecule has 2 bridgehead atoms. The number of rotatable bonds is 6. The number of carbonyl (C=O) groups excluding carboxylic acids is 1. The number of hydrogen-bond donors (Lipinski definition) is 2. The zero-order chi connectivity index (χ0) is 16.4. The fraction of sp³-hybridized carbons (Fsp3) is 0.632. The van der Waals surface area contributed by atoms with Crippen molar-refractivity contribution in [3.05, 3.63) is 29.8 Å². The van der Waals surface area contributed by atoms with Gasteiger partial charge in [-0.2, -0.15) is 0 Å². The number of hydrogen-bond acceptors (Lipinski definition) is 3. The highest BCUT2D eigenvalue weighted by Gasteiger charge is 2.48. The van der Waals surface area contributed by atoms with Gasteiger partial charge in [0.25, 0.3) is 0 Å². The monoisotopic (exact) mass is 352 g/mol. The van der Waals surface area contributed by atoms with E-state index in [-0.39, 0.29) is 30.3 Å². The van der Waals surface area contributed by atoms with Crippen LogP contribution in [0.3, 0.4) is 0 Å². The Morgan fingerprint density at radius 1 is 1.29 bits per heavy atom. The van der Waals surface area contributed by atoms with Crippen LogP contribution in [0.4, 0.5) is 0 Å². The van der Waals surface area contributed by atoms with Gasteiger partial charge in [0.1, 0.15) is 5.75 Å². The molecular weight excluding hydrogens is 324 g/mol. The SMILES string of the molecule is CC(C)COc1ccccc1CNC(=O)C1C2CCC(C2)C1N.Cl. The topological polar surface area (TPSA) is 64.3 Å². The molecule has 0 spiro atoms. The maximum absolute atomic E-state index is 12.6. The van der Waals surface area contributed by atoms with Crippen molar-refractivity contribution in [2.24, 2.45) is 29.4 Å². The molecule has 0 heterocycles. The Bertz CT molecular complexity index is 562. The number of halogens is 1. The van der Waals surface area contributed by atoms with Crippen molar-refractivity contribution in [2.45, 2.75) is 45.7 Å². The summed E-state index contributed by atoms with van der Waals surface area (Å²) in [7, 11) is 0. The van der Waals surface area contributed by atoms with Crippen molar-refractivity contribution < 1.29 is 9.53 Å². The van der Waals surface area contributed by atoms with E-state index in [4.69, 9.17) is 10.5 Å². The smallest absolute Gasteiger partial charge is 0.225 e. The first-order valence-corrected chi connectivity index (χ1v) is 8.80. The molecule has 4 atom stereocenters. The summed E-state index contributed by atoms with van der Waals surface area (Å²) in [5.74, 6) is 2.49. The Morgan fingerprint density at radius 3 is 2.67 bits per heavy atom. The molecule has 3 rings (SSSR count). The number of carbonyl (C=O) groups is 1. The number of nitrogens with two attached hydrogens (primary N) is 1. The first-order valence-electron chi connectivity index (χ1n) is 8.80. The fourth-order valence-corrected chi connectivity index (χ4v) is 4.07. The molecule has 3 N–H and O–H groups in total. The van der Waals surface area contributed by atoms with Gasteiger partial charge in [-0.15, -0.1) is 12.4 Å². The molecule has 2 aliphatic rings. The van der Waals surface area contributed by atoms with Gasteiger partial charge in [0.05, 0.1) is 12.5 Å². The first-order chi connectivity index (χ1) is 11.1. The van der Waals surface area contributed by atoms with Crippen LogP contribution >= 0.6 is 12.4 Å². The fourth-order valence-electron chi connectivity index (χ4n) is 4.07. The van der Waals surface area contributed by atoms with Crippen molar-refractivity contribution in [1.29, 1.82) is 0 Å². The lowest BCUT2D eigenvalue weighted by Crippen LogP contribution is -2.45. The molecule has 5 heteroatoms. The zero-order valence-corrected chi connectivity index (χ0v) is 15.4. The molecule has 1 amide bonds. The van der Waals surface area contributed by atoms with Crippen LogP contribution in [0.2, 0.25) is 0 Å². The van der Waals surface area contributed by atoms with Gasteiger partial charge < -0.3 is 15.8 Å². The van der Waals surface area contributed by atoms with Crippen molar-refractivity contribution in [1.82, 2.24) is 5.32 Å². The molecule has 134 valence electrons. The van der Waals surface area contributed by atoms with Gasteiger partial charge in [0.15, 0.2) is 0 Å². The summed E-state index contributed by atoms with van der Waals surface area (Å²) in [4.78, 5) is 12.6. The van der Waals surface area contributed by atoms with E-state index in [9.17, 15) is 4.79 Å². The highest BCUT2D eigenvalue weighted by Crippen LogP contribution is 2.47. The summed E-state index contributed by atoms with van der Waals surface area (Å²) < 4.78 is 5.85. The number of para-hydroxylation sites is 1. The molecule has 1 aromatic rings. The van der Waals surface area contributed by atoms with Crippen LogP contribution in [0, 0.1) is 23.7 Å². The maximum atomic E-state index is 12.6. The van der Waals surface area contributed by atoms with Crippen LogP contribution in [0.25, 0.3) is 0 Å². The van der Waals surface area contributed by atoms with E-state index in [0.717, 1.165) is 24.2 Å². The van der Waals surface area contributed by atoms with Gasteiger partial charge in [0.2, 0.25) is 5.91 Å². The van der Waals surface area contributed by atoms with Gasteiger partial charge in [-0.05, 0) is 43.1 Å². The van der Waals surface area contributed by atoms with Crippen LogP contribution in [0.1, 0.15) is 38.7 Å². The molecule has 2 aliphatic carbocycles. The van der Waals surface area contributed by atoms with Crippen LogP contribution in [-0.2, 0) is 11.3 Å². The second-order valence-corrected chi connectivity index (χ2v) is 7.47. The summed E-state index contributed by atoms with van der Waals surface area (Å²) in [6, 6.07) is 7.96. The van der Waals surface area contributed by atoms with E-state index in [2.05, 4.69) is 19.2 Å². The van der Waals surface area contributed by atoms with E-state index >= 15 is 0 Å². The first kappa shape index (κ1) is 19.1. The molecule has 0 aromatic heterocycles. The molecule has 2 fully saturated rings. The highest BCUT2D eigenvalue weighted by atomic mass is 35.5. The average molecular weight is 353 g/mol. The van der Waals surface area contributed by atoms with Crippen molar-refractivity contribution >= 4 is 18.3 Å². The van der Waals surface area contributed by atoms with Gasteiger partial charge in [-0.1, -0.05) is 32.0 Å². The standard InChI is InChI=1S/C19H28N2O2.ClH/c1-12(2)11-23-16-6-4-3-5-15(16)10-21-19(22)17-13-7-8-14(9-13)18(17)20;/h3-6,12-14,17-18H,7-11,20H2,1-2H3,(H,21,22);1H. The number of amides is 1. The normalized spacial score (nSPS) is 27.8. The molecule has 0 saturated heterocycles. The number of nitrogens with one attached hydrogen (secondary N) is 1. The maximum Gasteiger partial charge on any atom is 0.225 e. The summed E-state index contributed by atoms with van der Waals surface area (Å²) in [5.41, 5.74) is 7.29. The third-order valence-corrected chi connectivity index (χ3v) is 5.28. The number of ether oxygens (including phenoxy) is 1. The summed E-state index contributed by atoms with van der Waals surface area (Å²) in [6.45, 7) is 5.44. The Balaban J connectivity index is 0.00000208. The third kappa shape index (κ3) is 4.04. The van der Waals surface area contributed by atoms with Gasteiger partial charge >= 0.3 is 0 Å². The molecule has 1 aromatic carbocycles. The Morgan fingerprint density at radius 2 is 2.00 bits per heavy atom. The second kappa shape index (κ2) is 8.21. The van der Waals surface area contributed by atoms with Crippen LogP contribution in [-0.4, -0.2) is 18.6 Å². The minimum absolute atomic E-state index is 0. The summed E-state index contributed by atoms with van der Waals surface area (Å²) >= 11 is 0. The van der Waals surface area contributed by atoms with Gasteiger partial charge in [-0.3, -0.25) is 4.79 Å². The average Bonchev–Trinajstić information content (AvgIpc) is 3.12. The van der Waals surface area contributed by atoms with Gasteiger partial charge in [-0.25, -0.2) is 0 Å². The molecule has 2 saturated carbocycles. The number of fused-ring (bicyclic) bond motifs is 2. The lowest BCUT2D eigenvalue weighted by atomic mass is 9.84. The predicted molar refractivity (Wildman–Crippen MR) is 98.2 cm³/mol. The third-order valence-electron chi connectivity index (χ3n) is 5.28. The largest absolute Gasteiger partial charge is 0.493 e. The van der Waals surface area contributed by atoms with E-state index in [1.54, 1.807) is 0 Å². The lowest BCUT2D eigenvalue weighted by molar-refractivity contribution is -0.127. The Hall–Kier alpha value is -1.26. The van der Waals surface area contributed by atoms with E-state index < -0.39 is 0 Å². The molecule has 0 aliphatic heterocycles. The Kier molecular flexibility index (Phi) is 6.53. The molecule has 4 nitrogen and oxygen atoms in total. The minimum Gasteiger partial charge on any atom is -0.493 e. The zero-order valence-electron chi connectivity index (χ0n) is 14.5. The lowest BCUT2D eigenvalue weighted by Gasteiger charge is -2.27. The van der Waals surface area contributed by atoms with Crippen molar-refractivity contribution in [2.75, 3.05) is 6.61 Å². The molecule has 4 unspecified atom stereocenters. The minimum atomic E-state index is -0.00232. The van der Waals surface area contributed by atoms with E-state index in [1.165, 1.54) is 6.42 Å². The van der Waals surface area contributed by atoms with Crippen LogP contribution in [0.5, 0.6) is 5.75 Å². The summed E-state index contributed by atoms with van der Waals surface area (Å²) in [5, 5.41) is 3.09. The van der Waals surface area contributed by atoms with E-state index in [0.29, 0.717) is 30.9 Å². The quantitative estimate of drug-likeness (QED) is 0.826. The Labute approximate surface area is 150 Å². The second-order valence-electron chi connectivity index (χ2n) is 7.47. The highest BCUT2D eigenvalue weighted by molar-refractivity contribution is 5.85. The molecule has 0 radical (unpaired) electrons. The predicted octanol–water partition coefficient (Wildman–Crippen LogP) is 3.13. The van der Waals surface area contributed by atoms with Crippen LogP contribution < -0.4 is 15.8 Å². The molecular formula is C19H29ClN2O2. The van der Waals surface area contributed by atoms with Crippen LogP contribution in [0.15, 0.2) is 24.3 Å². The van der Waals surface area contributed by atoms with Crippen molar-refractivity contribution in [3.8, 4) is 5.75 Å².